The molecule has 0 amide bonds. The third-order valence-electron chi connectivity index (χ3n) is 2.93. The molecule has 0 bridgehead atoms. The first-order valence-electron chi connectivity index (χ1n) is 5.91. The quantitative estimate of drug-likeness (QED) is 0.756. The number of hydrogen-bond acceptors (Lipinski definition) is 4. The van der Waals surface area contributed by atoms with Crippen LogP contribution in [0.25, 0.3) is 11.0 Å². The predicted molar refractivity (Wildman–Crippen MR) is 70.3 cm³/mol. The van der Waals surface area contributed by atoms with Crippen molar-refractivity contribution in [3.63, 3.8) is 0 Å². The topological polar surface area (TPSA) is 78.2 Å². The Labute approximate surface area is 110 Å². The van der Waals surface area contributed by atoms with Gasteiger partial charge in [-0.05, 0) is 30.7 Å². The van der Waals surface area contributed by atoms with Crippen LogP contribution in [0.5, 0.6) is 0 Å². The minimum Gasteiger partial charge on any atom is -0.342 e. The molecule has 2 aromatic heterocycles. The van der Waals surface area contributed by atoms with Gasteiger partial charge in [0.1, 0.15) is 17.6 Å². The summed E-state index contributed by atoms with van der Waals surface area (Å²) in [5.41, 5.74) is 2.68. The molecule has 1 unspecified atom stereocenters. The molecular formula is C14H11N5. The van der Waals surface area contributed by atoms with Crippen LogP contribution >= 0.6 is 0 Å². The Bertz CT molecular complexity index is 754. The van der Waals surface area contributed by atoms with Crippen molar-refractivity contribution in [1.82, 2.24) is 19.9 Å². The van der Waals surface area contributed by atoms with Gasteiger partial charge in [-0.1, -0.05) is 6.07 Å². The van der Waals surface area contributed by atoms with E-state index in [-0.39, 0.29) is 0 Å². The summed E-state index contributed by atoms with van der Waals surface area (Å²) in [6.07, 6.45) is 3.29. The van der Waals surface area contributed by atoms with Crippen molar-refractivity contribution in [3.8, 4) is 6.07 Å². The molecule has 0 radical (unpaired) electrons. The Morgan fingerprint density at radius 1 is 1.26 bits per heavy atom. The number of nitriles is 1. The first-order valence-corrected chi connectivity index (χ1v) is 5.91. The van der Waals surface area contributed by atoms with Gasteiger partial charge < -0.3 is 4.98 Å². The van der Waals surface area contributed by atoms with Crippen LogP contribution in [-0.4, -0.2) is 19.9 Å². The second-order valence-corrected chi connectivity index (χ2v) is 4.27. The molecule has 3 aromatic rings. The number of rotatable bonds is 2. The number of imidazole rings is 1. The van der Waals surface area contributed by atoms with Gasteiger partial charge in [-0.15, -0.1) is 0 Å². The van der Waals surface area contributed by atoms with E-state index in [2.05, 4.69) is 26.0 Å². The standard InChI is InChI=1S/C14H11N5/c1-9-18-12-4-3-10(7-13(12)19-9)11(8-15)14-16-5-2-6-17-14/h2-7,11H,1H3,(H,18,19). The Morgan fingerprint density at radius 2 is 2.05 bits per heavy atom. The van der Waals surface area contributed by atoms with Crippen LogP contribution in [-0.2, 0) is 0 Å². The first kappa shape index (κ1) is 11.4. The molecule has 0 aliphatic heterocycles. The summed E-state index contributed by atoms with van der Waals surface area (Å²) >= 11 is 0. The fourth-order valence-corrected chi connectivity index (χ4v) is 2.08. The van der Waals surface area contributed by atoms with E-state index in [9.17, 15) is 5.26 Å². The summed E-state index contributed by atoms with van der Waals surface area (Å²) in [5, 5.41) is 9.35. The number of nitrogens with zero attached hydrogens (tertiary/aromatic N) is 4. The second-order valence-electron chi connectivity index (χ2n) is 4.27. The fraction of sp³-hybridized carbons (Fsp3) is 0.143. The van der Waals surface area contributed by atoms with E-state index >= 15 is 0 Å². The van der Waals surface area contributed by atoms with Gasteiger partial charge in [0.2, 0.25) is 0 Å². The molecule has 5 nitrogen and oxygen atoms in total. The summed E-state index contributed by atoms with van der Waals surface area (Å²) in [6.45, 7) is 1.90. The smallest absolute Gasteiger partial charge is 0.149 e. The molecule has 1 aromatic carbocycles. The molecule has 0 fully saturated rings. The van der Waals surface area contributed by atoms with Gasteiger partial charge in [0, 0.05) is 12.4 Å². The van der Waals surface area contributed by atoms with Crippen LogP contribution < -0.4 is 0 Å². The van der Waals surface area contributed by atoms with Crippen LogP contribution in [0.3, 0.4) is 0 Å². The van der Waals surface area contributed by atoms with Crippen molar-refractivity contribution in [1.29, 1.82) is 5.26 Å². The third-order valence-corrected chi connectivity index (χ3v) is 2.93. The van der Waals surface area contributed by atoms with Crippen molar-refractivity contribution in [2.45, 2.75) is 12.8 Å². The van der Waals surface area contributed by atoms with Crippen molar-refractivity contribution in [3.05, 3.63) is 53.9 Å². The average molecular weight is 249 g/mol. The molecule has 0 aliphatic carbocycles. The number of fused-ring (bicyclic) bond motifs is 1. The van der Waals surface area contributed by atoms with E-state index < -0.39 is 5.92 Å². The summed E-state index contributed by atoms with van der Waals surface area (Å²) in [6, 6.07) is 9.71. The van der Waals surface area contributed by atoms with Crippen LogP contribution in [0.1, 0.15) is 23.1 Å². The van der Waals surface area contributed by atoms with Crippen LogP contribution in [0.2, 0.25) is 0 Å². The monoisotopic (exact) mass is 249 g/mol. The summed E-state index contributed by atoms with van der Waals surface area (Å²) in [4.78, 5) is 15.8. The molecule has 0 saturated carbocycles. The number of hydrogen-bond donors (Lipinski definition) is 1. The van der Waals surface area contributed by atoms with Gasteiger partial charge in [-0.3, -0.25) is 0 Å². The van der Waals surface area contributed by atoms with Gasteiger partial charge in [0.05, 0.1) is 17.1 Å². The third kappa shape index (κ3) is 2.04. The minimum atomic E-state index is -0.464. The van der Waals surface area contributed by atoms with Crippen LogP contribution in [0.15, 0.2) is 36.7 Å². The van der Waals surface area contributed by atoms with Crippen LogP contribution in [0.4, 0.5) is 0 Å². The van der Waals surface area contributed by atoms with Crippen molar-refractivity contribution in [2.75, 3.05) is 0 Å². The Balaban J connectivity index is 2.09. The SMILES string of the molecule is Cc1nc2ccc(C(C#N)c3ncccn3)cc2[nH]1. The maximum absolute atomic E-state index is 9.35. The summed E-state index contributed by atoms with van der Waals surface area (Å²) < 4.78 is 0. The zero-order valence-corrected chi connectivity index (χ0v) is 10.3. The molecule has 92 valence electrons. The Kier molecular flexibility index (Phi) is 2.69. The van der Waals surface area contributed by atoms with E-state index in [1.54, 1.807) is 18.5 Å². The fourth-order valence-electron chi connectivity index (χ4n) is 2.08. The minimum absolute atomic E-state index is 0.464. The lowest BCUT2D eigenvalue weighted by molar-refractivity contribution is 0.891. The van der Waals surface area contributed by atoms with Crippen molar-refractivity contribution < 1.29 is 0 Å². The first-order chi connectivity index (χ1) is 9.28. The maximum atomic E-state index is 9.35. The van der Waals surface area contributed by atoms with E-state index in [4.69, 9.17) is 0 Å². The molecule has 0 saturated heterocycles. The molecule has 3 rings (SSSR count). The second kappa shape index (κ2) is 4.50. The normalized spacial score (nSPS) is 12.2. The van der Waals surface area contributed by atoms with E-state index in [0.717, 1.165) is 22.4 Å². The highest BCUT2D eigenvalue weighted by Gasteiger charge is 2.16. The Hall–Kier alpha value is -2.74. The lowest BCUT2D eigenvalue weighted by Crippen LogP contribution is -2.03. The highest BCUT2D eigenvalue weighted by Crippen LogP contribution is 2.23. The lowest BCUT2D eigenvalue weighted by Gasteiger charge is -2.07. The average Bonchev–Trinajstić information content (AvgIpc) is 2.80. The summed E-state index contributed by atoms with van der Waals surface area (Å²) in [5.74, 6) is 0.909. The summed E-state index contributed by atoms with van der Waals surface area (Å²) in [7, 11) is 0. The molecule has 1 atom stereocenters. The molecular weight excluding hydrogens is 238 g/mol. The number of aromatic nitrogens is 4. The van der Waals surface area contributed by atoms with E-state index in [1.165, 1.54) is 0 Å². The highest BCUT2D eigenvalue weighted by atomic mass is 14.9. The number of H-pyrrole nitrogens is 1. The zero-order chi connectivity index (χ0) is 13.2. The van der Waals surface area contributed by atoms with Crippen molar-refractivity contribution in [2.24, 2.45) is 0 Å². The molecule has 5 heteroatoms. The largest absolute Gasteiger partial charge is 0.342 e. The Morgan fingerprint density at radius 3 is 2.79 bits per heavy atom. The van der Waals surface area contributed by atoms with Gasteiger partial charge in [0.25, 0.3) is 0 Å². The van der Waals surface area contributed by atoms with Gasteiger partial charge in [0.15, 0.2) is 0 Å². The highest BCUT2D eigenvalue weighted by molar-refractivity contribution is 5.76. The number of benzene rings is 1. The molecule has 2 heterocycles. The van der Waals surface area contributed by atoms with Gasteiger partial charge in [-0.2, -0.15) is 5.26 Å². The van der Waals surface area contributed by atoms with Gasteiger partial charge >= 0.3 is 0 Å². The van der Waals surface area contributed by atoms with Crippen LogP contribution in [0, 0.1) is 18.3 Å². The number of nitrogens with one attached hydrogen (secondary N) is 1. The van der Waals surface area contributed by atoms with Gasteiger partial charge in [-0.25, -0.2) is 15.0 Å². The zero-order valence-electron chi connectivity index (χ0n) is 10.3. The number of aromatic amines is 1. The molecule has 1 N–H and O–H groups in total. The maximum Gasteiger partial charge on any atom is 0.149 e. The molecule has 0 aliphatic rings. The molecule has 19 heavy (non-hydrogen) atoms. The predicted octanol–water partition coefficient (Wildman–Crippen LogP) is 2.32. The van der Waals surface area contributed by atoms with Crippen molar-refractivity contribution >= 4 is 11.0 Å². The number of aryl methyl sites for hydroxylation is 1. The van der Waals surface area contributed by atoms with E-state index in [0.29, 0.717) is 5.82 Å². The molecule has 0 spiro atoms. The van der Waals surface area contributed by atoms with E-state index in [1.807, 2.05) is 25.1 Å². The lowest BCUT2D eigenvalue weighted by atomic mass is 9.99.